The highest BCUT2D eigenvalue weighted by Gasteiger charge is 2.28. The Balaban J connectivity index is 0.00000161. The summed E-state index contributed by atoms with van der Waals surface area (Å²) in [6.07, 6.45) is 8.98. The van der Waals surface area contributed by atoms with Gasteiger partial charge in [0.25, 0.3) is 5.91 Å². The van der Waals surface area contributed by atoms with Gasteiger partial charge in [0.05, 0.1) is 17.3 Å². The Morgan fingerprint density at radius 3 is 2.86 bits per heavy atom. The number of carbonyl (C=O) groups excluding carboxylic acids is 1. The molecular weight excluding hydrogens is 288 g/mol. The predicted molar refractivity (Wildman–Crippen MR) is 84.8 cm³/mol. The van der Waals surface area contributed by atoms with E-state index >= 15 is 0 Å². The van der Waals surface area contributed by atoms with Gasteiger partial charge in [-0.3, -0.25) is 4.79 Å². The number of rotatable bonds is 3. The van der Waals surface area contributed by atoms with Crippen LogP contribution < -0.4 is 11.1 Å². The number of aromatic nitrogens is 2. The minimum atomic E-state index is -0.239. The van der Waals surface area contributed by atoms with Crippen molar-refractivity contribution in [3.63, 3.8) is 0 Å². The second-order valence-electron chi connectivity index (χ2n) is 5.69. The van der Waals surface area contributed by atoms with E-state index in [-0.39, 0.29) is 23.9 Å². The van der Waals surface area contributed by atoms with Crippen molar-refractivity contribution in [1.82, 2.24) is 14.9 Å². The average molecular weight is 309 g/mol. The van der Waals surface area contributed by atoms with Crippen LogP contribution in [0.2, 0.25) is 0 Å². The second-order valence-corrected chi connectivity index (χ2v) is 5.69. The fourth-order valence-electron chi connectivity index (χ4n) is 2.89. The van der Waals surface area contributed by atoms with E-state index in [2.05, 4.69) is 10.4 Å². The fourth-order valence-corrected chi connectivity index (χ4v) is 2.89. The van der Waals surface area contributed by atoms with Crippen molar-refractivity contribution in [2.45, 2.75) is 37.6 Å². The van der Waals surface area contributed by atoms with E-state index in [9.17, 15) is 4.79 Å². The van der Waals surface area contributed by atoms with Gasteiger partial charge >= 0.3 is 0 Å². The summed E-state index contributed by atoms with van der Waals surface area (Å²) in [6.45, 7) is 0.538. The van der Waals surface area contributed by atoms with Gasteiger partial charge in [-0.25, -0.2) is 4.52 Å². The van der Waals surface area contributed by atoms with Crippen molar-refractivity contribution >= 4 is 23.8 Å². The molecule has 2 aromatic rings. The molecule has 0 aliphatic heterocycles. The van der Waals surface area contributed by atoms with E-state index in [0.717, 1.165) is 31.2 Å². The lowest BCUT2D eigenvalue weighted by Gasteiger charge is -2.33. The van der Waals surface area contributed by atoms with Crippen molar-refractivity contribution in [3.8, 4) is 0 Å². The Bertz CT molecular complexity index is 619. The van der Waals surface area contributed by atoms with Gasteiger partial charge < -0.3 is 11.1 Å². The van der Waals surface area contributed by atoms with Crippen LogP contribution in [0.4, 0.5) is 0 Å². The van der Waals surface area contributed by atoms with Crippen molar-refractivity contribution in [2.24, 2.45) is 5.73 Å². The molecule has 2 aromatic heterocycles. The Hall–Kier alpha value is -1.59. The summed E-state index contributed by atoms with van der Waals surface area (Å²) in [4.78, 5) is 12.3. The highest BCUT2D eigenvalue weighted by atomic mass is 35.5. The molecule has 1 aliphatic rings. The van der Waals surface area contributed by atoms with Gasteiger partial charge in [-0.1, -0.05) is 25.3 Å². The molecule has 3 N–H and O–H groups in total. The summed E-state index contributed by atoms with van der Waals surface area (Å²) < 4.78 is 1.70. The summed E-state index contributed by atoms with van der Waals surface area (Å²) in [5.74, 6) is -0.0957. The minimum absolute atomic E-state index is 0. The Morgan fingerprint density at radius 1 is 1.33 bits per heavy atom. The quantitative estimate of drug-likeness (QED) is 0.912. The van der Waals surface area contributed by atoms with Gasteiger partial charge in [-0.2, -0.15) is 5.10 Å². The van der Waals surface area contributed by atoms with E-state index < -0.39 is 0 Å². The molecule has 0 radical (unpaired) electrons. The molecule has 1 amide bonds. The second kappa shape index (κ2) is 6.45. The number of nitrogens with two attached hydrogens (primary N) is 1. The maximum absolute atomic E-state index is 12.3. The molecule has 5 nitrogen and oxygen atoms in total. The van der Waals surface area contributed by atoms with E-state index in [1.165, 1.54) is 6.42 Å². The van der Waals surface area contributed by atoms with Crippen molar-refractivity contribution in [3.05, 3.63) is 36.2 Å². The average Bonchev–Trinajstić information content (AvgIpc) is 2.90. The standard InChI is InChI=1S/C15H20N4O.ClH/c16-15(7-3-1-4-8-15)11-17-14(20)12-10-18-19-9-5-2-6-13(12)19;/h2,5-6,9-10H,1,3-4,7-8,11,16H2,(H,17,20);1H. The Kier molecular flexibility index (Phi) is 4.85. The monoisotopic (exact) mass is 308 g/mol. The van der Waals surface area contributed by atoms with E-state index in [1.54, 1.807) is 10.7 Å². The smallest absolute Gasteiger partial charge is 0.255 e. The van der Waals surface area contributed by atoms with Crippen LogP contribution in [0.15, 0.2) is 30.6 Å². The van der Waals surface area contributed by atoms with Crippen LogP contribution in [0.25, 0.3) is 5.52 Å². The number of nitrogens with zero attached hydrogens (tertiary/aromatic N) is 2. The first-order chi connectivity index (χ1) is 9.68. The lowest BCUT2D eigenvalue weighted by atomic mass is 9.82. The summed E-state index contributed by atoms with van der Waals surface area (Å²) in [5.41, 5.74) is 7.52. The molecular formula is C15H21ClN4O. The number of halogens is 1. The third-order valence-electron chi connectivity index (χ3n) is 4.12. The number of fused-ring (bicyclic) bond motifs is 1. The van der Waals surface area contributed by atoms with E-state index in [1.807, 2.05) is 24.4 Å². The Morgan fingerprint density at radius 2 is 2.10 bits per heavy atom. The summed E-state index contributed by atoms with van der Waals surface area (Å²) in [6, 6.07) is 5.68. The van der Waals surface area contributed by atoms with Gasteiger partial charge in [-0.15, -0.1) is 12.4 Å². The number of carbonyl (C=O) groups is 1. The van der Waals surface area contributed by atoms with Crippen molar-refractivity contribution in [1.29, 1.82) is 0 Å². The molecule has 1 aliphatic carbocycles. The summed E-state index contributed by atoms with van der Waals surface area (Å²) >= 11 is 0. The molecule has 0 aromatic carbocycles. The third-order valence-corrected chi connectivity index (χ3v) is 4.12. The molecule has 0 spiro atoms. The number of hydrogen-bond acceptors (Lipinski definition) is 3. The first-order valence-electron chi connectivity index (χ1n) is 7.17. The van der Waals surface area contributed by atoms with Crippen LogP contribution in [0, 0.1) is 0 Å². The van der Waals surface area contributed by atoms with Gasteiger partial charge in [-0.05, 0) is 25.0 Å². The zero-order chi connectivity index (χ0) is 14.0. The molecule has 1 fully saturated rings. The molecule has 1 saturated carbocycles. The number of amides is 1. The van der Waals surface area contributed by atoms with Gasteiger partial charge in [0.1, 0.15) is 0 Å². The first-order valence-corrected chi connectivity index (χ1v) is 7.17. The van der Waals surface area contributed by atoms with E-state index in [0.29, 0.717) is 12.1 Å². The normalized spacial score (nSPS) is 17.2. The molecule has 0 saturated heterocycles. The zero-order valence-electron chi connectivity index (χ0n) is 11.9. The molecule has 0 bridgehead atoms. The van der Waals surface area contributed by atoms with Gasteiger partial charge in [0.15, 0.2) is 0 Å². The van der Waals surface area contributed by atoms with Gasteiger partial charge in [0, 0.05) is 18.3 Å². The lowest BCUT2D eigenvalue weighted by Crippen LogP contribution is -2.51. The van der Waals surface area contributed by atoms with Crippen LogP contribution in [0.3, 0.4) is 0 Å². The van der Waals surface area contributed by atoms with Crippen LogP contribution in [-0.4, -0.2) is 27.6 Å². The van der Waals surface area contributed by atoms with Crippen molar-refractivity contribution in [2.75, 3.05) is 6.54 Å². The molecule has 114 valence electrons. The number of pyridine rings is 1. The molecule has 21 heavy (non-hydrogen) atoms. The highest BCUT2D eigenvalue weighted by Crippen LogP contribution is 2.25. The maximum Gasteiger partial charge on any atom is 0.255 e. The minimum Gasteiger partial charge on any atom is -0.350 e. The predicted octanol–water partition coefficient (Wildman–Crippen LogP) is 2.15. The van der Waals surface area contributed by atoms with Crippen LogP contribution in [0.1, 0.15) is 42.5 Å². The number of hydrogen-bond donors (Lipinski definition) is 2. The van der Waals surface area contributed by atoms with Crippen molar-refractivity contribution < 1.29 is 4.79 Å². The molecule has 2 heterocycles. The molecule has 0 unspecified atom stereocenters. The van der Waals surface area contributed by atoms with Crippen LogP contribution in [0.5, 0.6) is 0 Å². The molecule has 3 rings (SSSR count). The lowest BCUT2D eigenvalue weighted by molar-refractivity contribution is 0.0939. The topological polar surface area (TPSA) is 72.4 Å². The summed E-state index contributed by atoms with van der Waals surface area (Å²) in [5, 5.41) is 7.15. The maximum atomic E-state index is 12.3. The highest BCUT2D eigenvalue weighted by molar-refractivity contribution is 6.00. The SMILES string of the molecule is Cl.NC1(CNC(=O)c2cnn3ccccc23)CCCCC1. The van der Waals surface area contributed by atoms with E-state index in [4.69, 9.17) is 5.73 Å². The van der Waals surface area contributed by atoms with Crippen LogP contribution >= 0.6 is 12.4 Å². The zero-order valence-corrected chi connectivity index (χ0v) is 12.7. The van der Waals surface area contributed by atoms with Crippen LogP contribution in [-0.2, 0) is 0 Å². The first kappa shape index (κ1) is 15.8. The Labute approximate surface area is 130 Å². The molecule has 0 atom stereocenters. The van der Waals surface area contributed by atoms with Gasteiger partial charge in [0.2, 0.25) is 0 Å². The number of nitrogens with one attached hydrogen (secondary N) is 1. The molecule has 6 heteroatoms. The third kappa shape index (κ3) is 3.36. The largest absolute Gasteiger partial charge is 0.350 e. The fraction of sp³-hybridized carbons (Fsp3) is 0.467. The summed E-state index contributed by atoms with van der Waals surface area (Å²) in [7, 11) is 0.